The Morgan fingerprint density at radius 2 is 1.27 bits per heavy atom. The molecular weight excluding hydrogens is 270 g/mol. The van der Waals surface area contributed by atoms with Crippen LogP contribution in [0.5, 0.6) is 0 Å². The van der Waals surface area contributed by atoms with Crippen molar-refractivity contribution in [3.8, 4) is 0 Å². The monoisotopic (exact) mass is 311 g/mol. The van der Waals surface area contributed by atoms with E-state index in [1.54, 1.807) is 0 Å². The highest BCUT2D eigenvalue weighted by atomic mass is 16.1. The zero-order chi connectivity index (χ0) is 17.0. The number of amides is 1. The first-order valence-corrected chi connectivity index (χ1v) is 9.79. The maximum Gasteiger partial charge on any atom is 0.220 e. The van der Waals surface area contributed by atoms with Gasteiger partial charge < -0.3 is 5.73 Å². The summed E-state index contributed by atoms with van der Waals surface area (Å²) in [5, 5.41) is 0. The van der Waals surface area contributed by atoms with E-state index >= 15 is 0 Å². The number of rotatable bonds is 14. The lowest BCUT2D eigenvalue weighted by atomic mass is 9.76. The van der Waals surface area contributed by atoms with Gasteiger partial charge in [-0.2, -0.15) is 0 Å². The van der Waals surface area contributed by atoms with E-state index in [2.05, 4.69) is 27.7 Å². The molecule has 0 aliphatic heterocycles. The average Bonchev–Trinajstić information content (AvgIpc) is 2.52. The summed E-state index contributed by atoms with van der Waals surface area (Å²) in [6.07, 6.45) is 12.6. The van der Waals surface area contributed by atoms with Crippen LogP contribution in [0.2, 0.25) is 0 Å². The van der Waals surface area contributed by atoms with Crippen LogP contribution in [-0.2, 0) is 4.79 Å². The third-order valence-electron chi connectivity index (χ3n) is 5.51. The number of unbranched alkanes of at least 4 members (excludes halogenated alkanes) is 2. The van der Waals surface area contributed by atoms with Gasteiger partial charge in [-0.15, -0.1) is 0 Å². The van der Waals surface area contributed by atoms with Gasteiger partial charge >= 0.3 is 0 Å². The Bertz CT molecular complexity index is 259. The third-order valence-corrected chi connectivity index (χ3v) is 5.51. The van der Waals surface area contributed by atoms with Crippen LogP contribution in [0.1, 0.15) is 98.8 Å². The maximum atomic E-state index is 11.7. The van der Waals surface area contributed by atoms with E-state index in [1.807, 2.05) is 6.92 Å². The normalized spacial score (nSPS) is 17.0. The van der Waals surface area contributed by atoms with Crippen molar-refractivity contribution < 1.29 is 4.79 Å². The van der Waals surface area contributed by atoms with E-state index in [0.717, 1.165) is 11.8 Å². The van der Waals surface area contributed by atoms with Crippen LogP contribution >= 0.6 is 0 Å². The molecule has 2 heteroatoms. The topological polar surface area (TPSA) is 43.1 Å². The average molecular weight is 312 g/mol. The first-order valence-electron chi connectivity index (χ1n) is 9.79. The van der Waals surface area contributed by atoms with Gasteiger partial charge in [-0.1, -0.05) is 86.0 Å². The van der Waals surface area contributed by atoms with E-state index in [0.29, 0.717) is 5.92 Å². The van der Waals surface area contributed by atoms with Gasteiger partial charge in [0.1, 0.15) is 0 Å². The number of hydrogen-bond donors (Lipinski definition) is 1. The molecule has 3 unspecified atom stereocenters. The molecule has 0 rings (SSSR count). The Morgan fingerprint density at radius 1 is 0.864 bits per heavy atom. The molecule has 0 aliphatic carbocycles. The Kier molecular flexibility index (Phi) is 12.6. The Balaban J connectivity index is 4.75. The minimum atomic E-state index is -0.110. The molecule has 0 aromatic carbocycles. The Morgan fingerprint density at radius 3 is 1.55 bits per heavy atom. The standard InChI is InChI=1S/C20H41NO/c1-6-10-12-17(8-3)14-19(16(5)20(21)22)15-18(9-4)13-11-7-2/h16-19H,6-15H2,1-5H3,(H2,21,22). The van der Waals surface area contributed by atoms with Crippen molar-refractivity contribution in [3.63, 3.8) is 0 Å². The molecule has 0 heterocycles. The summed E-state index contributed by atoms with van der Waals surface area (Å²) in [6.45, 7) is 11.1. The number of carbonyl (C=O) groups is 1. The highest BCUT2D eigenvalue weighted by molar-refractivity contribution is 5.76. The van der Waals surface area contributed by atoms with Crippen molar-refractivity contribution in [1.82, 2.24) is 0 Å². The summed E-state index contributed by atoms with van der Waals surface area (Å²) in [6, 6.07) is 0. The van der Waals surface area contributed by atoms with Crippen LogP contribution in [0, 0.1) is 23.7 Å². The van der Waals surface area contributed by atoms with Crippen molar-refractivity contribution in [2.45, 2.75) is 98.8 Å². The van der Waals surface area contributed by atoms with Gasteiger partial charge in [0.2, 0.25) is 5.91 Å². The summed E-state index contributed by atoms with van der Waals surface area (Å²) in [5.41, 5.74) is 5.63. The van der Waals surface area contributed by atoms with Crippen molar-refractivity contribution in [2.75, 3.05) is 0 Å². The second-order valence-electron chi connectivity index (χ2n) is 7.26. The summed E-state index contributed by atoms with van der Waals surface area (Å²) < 4.78 is 0. The molecule has 3 atom stereocenters. The van der Waals surface area contributed by atoms with Crippen molar-refractivity contribution in [1.29, 1.82) is 0 Å². The molecule has 1 amide bonds. The maximum absolute atomic E-state index is 11.7. The van der Waals surface area contributed by atoms with Gasteiger partial charge in [0.05, 0.1) is 0 Å². The van der Waals surface area contributed by atoms with Gasteiger partial charge in [0, 0.05) is 5.92 Å². The second kappa shape index (κ2) is 13.0. The second-order valence-corrected chi connectivity index (χ2v) is 7.26. The molecule has 0 radical (unpaired) electrons. The van der Waals surface area contributed by atoms with E-state index in [4.69, 9.17) is 5.73 Å². The summed E-state index contributed by atoms with van der Waals surface area (Å²) in [7, 11) is 0. The summed E-state index contributed by atoms with van der Waals surface area (Å²) in [5.74, 6) is 1.90. The van der Waals surface area contributed by atoms with E-state index in [9.17, 15) is 4.79 Å². The van der Waals surface area contributed by atoms with Gasteiger partial charge in [-0.05, 0) is 30.6 Å². The number of primary amides is 1. The van der Waals surface area contributed by atoms with Crippen LogP contribution in [0.25, 0.3) is 0 Å². The van der Waals surface area contributed by atoms with Gasteiger partial charge in [-0.25, -0.2) is 0 Å². The highest BCUT2D eigenvalue weighted by Crippen LogP contribution is 2.33. The number of hydrogen-bond acceptors (Lipinski definition) is 1. The predicted octanol–water partition coefficient (Wildman–Crippen LogP) is 5.94. The lowest BCUT2D eigenvalue weighted by Crippen LogP contribution is -2.30. The fraction of sp³-hybridized carbons (Fsp3) is 0.950. The largest absolute Gasteiger partial charge is 0.369 e. The van der Waals surface area contributed by atoms with E-state index < -0.39 is 0 Å². The molecule has 0 saturated carbocycles. The SMILES string of the molecule is CCCCC(CC)CC(CC(CC)CCCC)C(C)C(N)=O. The number of nitrogens with two attached hydrogens (primary N) is 1. The molecule has 0 aromatic rings. The summed E-state index contributed by atoms with van der Waals surface area (Å²) >= 11 is 0. The third kappa shape index (κ3) is 8.80. The predicted molar refractivity (Wildman–Crippen MR) is 97.7 cm³/mol. The zero-order valence-corrected chi connectivity index (χ0v) is 15.9. The first kappa shape index (κ1) is 21.5. The minimum absolute atomic E-state index is 0.0198. The van der Waals surface area contributed by atoms with Crippen LogP contribution in [-0.4, -0.2) is 5.91 Å². The van der Waals surface area contributed by atoms with E-state index in [1.165, 1.54) is 64.2 Å². The Hall–Kier alpha value is -0.530. The van der Waals surface area contributed by atoms with Crippen LogP contribution in [0.15, 0.2) is 0 Å². The minimum Gasteiger partial charge on any atom is -0.369 e. The molecule has 132 valence electrons. The summed E-state index contributed by atoms with van der Waals surface area (Å²) in [4.78, 5) is 11.7. The molecule has 2 N–H and O–H groups in total. The van der Waals surface area contributed by atoms with Crippen LogP contribution in [0.3, 0.4) is 0 Å². The smallest absolute Gasteiger partial charge is 0.220 e. The lowest BCUT2D eigenvalue weighted by molar-refractivity contribution is -0.123. The first-order chi connectivity index (χ1) is 10.5. The van der Waals surface area contributed by atoms with Gasteiger partial charge in [0.15, 0.2) is 0 Å². The fourth-order valence-corrected chi connectivity index (χ4v) is 3.56. The molecule has 0 bridgehead atoms. The molecule has 0 aliphatic rings. The van der Waals surface area contributed by atoms with Crippen molar-refractivity contribution in [2.24, 2.45) is 29.4 Å². The quantitative estimate of drug-likeness (QED) is 0.424. The van der Waals surface area contributed by atoms with E-state index in [-0.39, 0.29) is 11.8 Å². The van der Waals surface area contributed by atoms with Crippen LogP contribution in [0.4, 0.5) is 0 Å². The van der Waals surface area contributed by atoms with Gasteiger partial charge in [-0.3, -0.25) is 4.79 Å². The molecule has 0 spiro atoms. The molecule has 0 aromatic heterocycles. The molecule has 0 fully saturated rings. The molecule has 0 saturated heterocycles. The zero-order valence-electron chi connectivity index (χ0n) is 15.9. The van der Waals surface area contributed by atoms with Gasteiger partial charge in [0.25, 0.3) is 0 Å². The molecular formula is C20H41NO. The van der Waals surface area contributed by atoms with Crippen molar-refractivity contribution in [3.05, 3.63) is 0 Å². The van der Waals surface area contributed by atoms with Crippen molar-refractivity contribution >= 4 is 5.91 Å². The van der Waals surface area contributed by atoms with Crippen LogP contribution < -0.4 is 5.73 Å². The molecule has 22 heavy (non-hydrogen) atoms. The Labute approximate surface area is 139 Å². The fourth-order valence-electron chi connectivity index (χ4n) is 3.56. The lowest BCUT2D eigenvalue weighted by Gasteiger charge is -2.29. The molecule has 2 nitrogen and oxygen atoms in total. The highest BCUT2D eigenvalue weighted by Gasteiger charge is 2.26. The number of carbonyl (C=O) groups excluding carboxylic acids is 1.